The first-order valence-corrected chi connectivity index (χ1v) is 6.96. The summed E-state index contributed by atoms with van der Waals surface area (Å²) in [4.78, 5) is 10.9. The van der Waals surface area contributed by atoms with Crippen molar-refractivity contribution < 1.29 is 18.3 Å². The third-order valence-electron chi connectivity index (χ3n) is 2.82. The van der Waals surface area contributed by atoms with Gasteiger partial charge in [0.15, 0.2) is 9.84 Å². The van der Waals surface area contributed by atoms with Crippen LogP contribution in [-0.4, -0.2) is 34.5 Å². The number of aromatic carboxylic acids is 1. The van der Waals surface area contributed by atoms with E-state index in [9.17, 15) is 13.2 Å². The quantitative estimate of drug-likeness (QED) is 0.847. The van der Waals surface area contributed by atoms with Gasteiger partial charge in [-0.15, -0.1) is 0 Å². The topological polar surface area (TPSA) is 89.3 Å². The molecule has 1 atom stereocenters. The maximum absolute atomic E-state index is 11.9. The van der Waals surface area contributed by atoms with Crippen LogP contribution in [0.3, 0.4) is 0 Å². The number of hydrogen-bond donors (Lipinski definition) is 1. The van der Waals surface area contributed by atoms with E-state index in [0.717, 1.165) is 0 Å². The van der Waals surface area contributed by atoms with Crippen LogP contribution in [-0.2, 0) is 22.6 Å². The molecule has 17 heavy (non-hydrogen) atoms. The highest BCUT2D eigenvalue weighted by atomic mass is 32.2. The van der Waals surface area contributed by atoms with E-state index in [-0.39, 0.29) is 17.0 Å². The van der Waals surface area contributed by atoms with Crippen LogP contribution in [0.1, 0.15) is 36.3 Å². The van der Waals surface area contributed by atoms with Gasteiger partial charge in [-0.3, -0.25) is 4.68 Å². The summed E-state index contributed by atoms with van der Waals surface area (Å²) in [5.74, 6) is -1.45. The number of aromatic nitrogens is 2. The first kappa shape index (κ1) is 13.7. The fraction of sp³-hybridized carbons (Fsp3) is 0.600. The van der Waals surface area contributed by atoms with E-state index in [1.807, 2.05) is 0 Å². The van der Waals surface area contributed by atoms with E-state index < -0.39 is 21.1 Å². The zero-order valence-corrected chi connectivity index (χ0v) is 10.9. The molecule has 0 saturated carbocycles. The summed E-state index contributed by atoms with van der Waals surface area (Å²) in [5.41, 5.74) is 0.164. The highest BCUT2D eigenvalue weighted by molar-refractivity contribution is 7.91. The summed E-state index contributed by atoms with van der Waals surface area (Å²) in [6, 6.07) is 0. The van der Waals surface area contributed by atoms with Crippen molar-refractivity contribution in [1.82, 2.24) is 9.78 Å². The predicted molar refractivity (Wildman–Crippen MR) is 62.5 cm³/mol. The molecule has 1 unspecified atom stereocenters. The van der Waals surface area contributed by atoms with Crippen LogP contribution in [0.2, 0.25) is 0 Å². The molecule has 1 heterocycles. The molecule has 0 bridgehead atoms. The Labute approximate surface area is 100 Å². The zero-order chi connectivity index (χ0) is 13.2. The lowest BCUT2D eigenvalue weighted by atomic mass is 10.3. The molecule has 6 nitrogen and oxygen atoms in total. The van der Waals surface area contributed by atoms with Crippen LogP contribution in [0.25, 0.3) is 0 Å². The Kier molecular flexibility index (Phi) is 3.92. The second kappa shape index (κ2) is 4.87. The third-order valence-corrected chi connectivity index (χ3v) is 5.05. The molecule has 0 aliphatic heterocycles. The van der Waals surface area contributed by atoms with Crippen LogP contribution >= 0.6 is 0 Å². The number of rotatable bonds is 5. The highest BCUT2D eigenvalue weighted by Crippen LogP contribution is 2.16. The predicted octanol–water partition coefficient (Wildman–Crippen LogP) is 0.832. The Hall–Kier alpha value is -1.37. The van der Waals surface area contributed by atoms with Gasteiger partial charge in [-0.2, -0.15) is 5.10 Å². The van der Waals surface area contributed by atoms with E-state index in [4.69, 9.17) is 5.11 Å². The second-order valence-corrected chi connectivity index (χ2v) is 6.38. The normalized spacial score (nSPS) is 13.6. The van der Waals surface area contributed by atoms with Crippen LogP contribution in [0, 0.1) is 0 Å². The molecule has 0 amide bonds. The van der Waals surface area contributed by atoms with Crippen molar-refractivity contribution in [2.24, 2.45) is 7.05 Å². The van der Waals surface area contributed by atoms with Crippen molar-refractivity contribution in [2.45, 2.75) is 31.3 Å². The highest BCUT2D eigenvalue weighted by Gasteiger charge is 2.25. The first-order valence-electron chi connectivity index (χ1n) is 5.25. The van der Waals surface area contributed by atoms with Gasteiger partial charge in [-0.1, -0.05) is 6.92 Å². The number of nitrogens with zero attached hydrogens (tertiary/aromatic N) is 2. The van der Waals surface area contributed by atoms with Crippen LogP contribution < -0.4 is 0 Å². The Morgan fingerprint density at radius 3 is 2.65 bits per heavy atom. The van der Waals surface area contributed by atoms with Crippen molar-refractivity contribution in [2.75, 3.05) is 0 Å². The molecular weight excluding hydrogens is 244 g/mol. The van der Waals surface area contributed by atoms with Crippen LogP contribution in [0.15, 0.2) is 6.20 Å². The average molecular weight is 260 g/mol. The van der Waals surface area contributed by atoms with E-state index in [1.54, 1.807) is 13.8 Å². The summed E-state index contributed by atoms with van der Waals surface area (Å²) >= 11 is 0. The lowest BCUT2D eigenvalue weighted by molar-refractivity contribution is 0.0696. The number of sulfone groups is 1. The third kappa shape index (κ3) is 2.85. The van der Waals surface area contributed by atoms with Crippen molar-refractivity contribution in [1.29, 1.82) is 0 Å². The van der Waals surface area contributed by atoms with Gasteiger partial charge >= 0.3 is 5.97 Å². The van der Waals surface area contributed by atoms with Crippen molar-refractivity contribution in [3.05, 3.63) is 17.5 Å². The van der Waals surface area contributed by atoms with Crippen molar-refractivity contribution >= 4 is 15.8 Å². The van der Waals surface area contributed by atoms with Gasteiger partial charge in [-0.05, 0) is 13.3 Å². The SMILES string of the molecule is CCC(C)S(=O)(=O)Cc1c(C(=O)O)cnn1C. The molecule has 1 aromatic rings. The van der Waals surface area contributed by atoms with Gasteiger partial charge in [0.05, 0.1) is 22.9 Å². The molecule has 1 N–H and O–H groups in total. The van der Waals surface area contributed by atoms with Gasteiger partial charge in [0.25, 0.3) is 0 Å². The molecule has 1 aromatic heterocycles. The summed E-state index contributed by atoms with van der Waals surface area (Å²) in [6.07, 6.45) is 1.67. The monoisotopic (exact) mass is 260 g/mol. The first-order chi connectivity index (χ1) is 7.79. The molecule has 0 radical (unpaired) electrons. The van der Waals surface area contributed by atoms with Gasteiger partial charge in [0.2, 0.25) is 0 Å². The molecule has 0 fully saturated rings. The molecule has 0 aromatic carbocycles. The number of carbonyl (C=O) groups is 1. The van der Waals surface area contributed by atoms with Gasteiger partial charge in [0.1, 0.15) is 5.56 Å². The summed E-state index contributed by atoms with van der Waals surface area (Å²) in [7, 11) is -1.80. The van der Waals surface area contributed by atoms with Crippen molar-refractivity contribution in [3.63, 3.8) is 0 Å². The van der Waals surface area contributed by atoms with Crippen molar-refractivity contribution in [3.8, 4) is 0 Å². The Bertz CT molecular complexity index is 518. The van der Waals surface area contributed by atoms with E-state index in [2.05, 4.69) is 5.10 Å². The minimum Gasteiger partial charge on any atom is -0.478 e. The fourth-order valence-corrected chi connectivity index (χ4v) is 2.92. The summed E-state index contributed by atoms with van der Waals surface area (Å²) < 4.78 is 25.1. The summed E-state index contributed by atoms with van der Waals surface area (Å²) in [6.45, 7) is 3.40. The molecule has 0 spiro atoms. The van der Waals surface area contributed by atoms with E-state index in [1.165, 1.54) is 17.9 Å². The van der Waals surface area contributed by atoms with Gasteiger partial charge in [-0.25, -0.2) is 13.2 Å². The van der Waals surface area contributed by atoms with Gasteiger partial charge < -0.3 is 5.11 Å². The molecule has 7 heteroatoms. The molecule has 96 valence electrons. The van der Waals surface area contributed by atoms with E-state index in [0.29, 0.717) is 6.42 Å². The van der Waals surface area contributed by atoms with Crippen LogP contribution in [0.5, 0.6) is 0 Å². The smallest absolute Gasteiger partial charge is 0.339 e. The van der Waals surface area contributed by atoms with Crippen LogP contribution in [0.4, 0.5) is 0 Å². The molecule has 0 aliphatic carbocycles. The maximum Gasteiger partial charge on any atom is 0.339 e. The fourth-order valence-electron chi connectivity index (χ4n) is 1.40. The standard InChI is InChI=1S/C10H16N2O4S/c1-4-7(2)17(15,16)6-9-8(10(13)14)5-11-12(9)3/h5,7H,4,6H2,1-3H3,(H,13,14). The minimum atomic E-state index is -3.34. The lowest BCUT2D eigenvalue weighted by Crippen LogP contribution is -2.21. The molecule has 0 aliphatic rings. The minimum absolute atomic E-state index is 0.0561. The summed E-state index contributed by atoms with van der Waals surface area (Å²) in [5, 5.41) is 12.2. The number of carboxylic acid groups (broad SMARTS) is 1. The molecular formula is C10H16N2O4S. The van der Waals surface area contributed by atoms with Gasteiger partial charge in [0, 0.05) is 7.05 Å². The van der Waals surface area contributed by atoms with E-state index >= 15 is 0 Å². The maximum atomic E-state index is 11.9. The number of hydrogen-bond acceptors (Lipinski definition) is 4. The average Bonchev–Trinajstić information content (AvgIpc) is 2.58. The Morgan fingerprint density at radius 2 is 2.18 bits per heavy atom. The number of carboxylic acids is 1. The molecule has 0 saturated heterocycles. The lowest BCUT2D eigenvalue weighted by Gasteiger charge is -2.11. The largest absolute Gasteiger partial charge is 0.478 e. The molecule has 1 rings (SSSR count). The Balaban J connectivity index is 3.11. The zero-order valence-electron chi connectivity index (χ0n) is 10.0. The Morgan fingerprint density at radius 1 is 1.59 bits per heavy atom. The second-order valence-electron chi connectivity index (χ2n) is 3.96. The number of aryl methyl sites for hydroxylation is 1.